The van der Waals surface area contributed by atoms with Crippen molar-refractivity contribution in [3.63, 3.8) is 0 Å². The normalized spacial score (nSPS) is 10.8. The van der Waals surface area contributed by atoms with E-state index < -0.39 is 0 Å². The van der Waals surface area contributed by atoms with E-state index in [4.69, 9.17) is 0 Å². The number of H-pyrrole nitrogens is 1. The number of amides is 1. The quantitative estimate of drug-likeness (QED) is 0.873. The molecular formula is C10H13N5OS. The van der Waals surface area contributed by atoms with Crippen LogP contribution < -0.4 is 5.32 Å². The molecule has 2 rings (SSSR count). The minimum atomic E-state index is -0.198. The van der Waals surface area contributed by atoms with Crippen molar-refractivity contribution in [2.45, 2.75) is 26.7 Å². The van der Waals surface area contributed by atoms with Gasteiger partial charge in [-0.05, 0) is 24.4 Å². The Labute approximate surface area is 103 Å². The average Bonchev–Trinajstić information content (AvgIpc) is 2.87. The average molecular weight is 251 g/mol. The summed E-state index contributed by atoms with van der Waals surface area (Å²) in [5.41, 5.74) is 1.62. The van der Waals surface area contributed by atoms with Gasteiger partial charge in [-0.25, -0.2) is 0 Å². The number of aryl methyl sites for hydroxylation is 1. The van der Waals surface area contributed by atoms with Crippen LogP contribution in [0, 0.1) is 6.92 Å². The molecule has 0 bridgehead atoms. The van der Waals surface area contributed by atoms with Crippen LogP contribution in [-0.2, 0) is 0 Å². The van der Waals surface area contributed by atoms with Crippen molar-refractivity contribution in [1.29, 1.82) is 0 Å². The fourth-order valence-electron chi connectivity index (χ4n) is 1.38. The number of aromatic amines is 1. The molecule has 0 aliphatic carbocycles. The first-order chi connectivity index (χ1) is 8.09. The highest BCUT2D eigenvalue weighted by molar-refractivity contribution is 7.08. The van der Waals surface area contributed by atoms with Crippen molar-refractivity contribution in [3.05, 3.63) is 22.3 Å². The molecule has 0 aliphatic heterocycles. The van der Waals surface area contributed by atoms with Crippen LogP contribution in [0.3, 0.4) is 0 Å². The van der Waals surface area contributed by atoms with Crippen LogP contribution >= 0.6 is 11.5 Å². The van der Waals surface area contributed by atoms with Gasteiger partial charge in [0.05, 0.1) is 11.9 Å². The second-order valence-corrected chi connectivity index (χ2v) is 4.78. The van der Waals surface area contributed by atoms with Crippen LogP contribution in [0.5, 0.6) is 0 Å². The monoisotopic (exact) mass is 251 g/mol. The highest BCUT2D eigenvalue weighted by atomic mass is 32.1. The van der Waals surface area contributed by atoms with Gasteiger partial charge >= 0.3 is 0 Å². The van der Waals surface area contributed by atoms with Gasteiger partial charge in [0.25, 0.3) is 5.91 Å². The van der Waals surface area contributed by atoms with Gasteiger partial charge in [-0.1, -0.05) is 18.3 Å². The smallest absolute Gasteiger partial charge is 0.270 e. The zero-order valence-electron chi connectivity index (χ0n) is 9.81. The number of nitrogens with zero attached hydrogens (tertiary/aromatic N) is 3. The molecule has 2 aromatic rings. The molecule has 0 spiro atoms. The predicted molar refractivity (Wildman–Crippen MR) is 65.3 cm³/mol. The molecule has 17 heavy (non-hydrogen) atoms. The van der Waals surface area contributed by atoms with Crippen molar-refractivity contribution in [1.82, 2.24) is 19.8 Å². The summed E-state index contributed by atoms with van der Waals surface area (Å²) in [4.78, 5) is 12.6. The molecule has 0 saturated carbocycles. The Kier molecular flexibility index (Phi) is 3.19. The molecule has 0 unspecified atom stereocenters. The van der Waals surface area contributed by atoms with Crippen LogP contribution in [0.15, 0.2) is 6.20 Å². The van der Waals surface area contributed by atoms with Crippen molar-refractivity contribution in [3.8, 4) is 0 Å². The number of nitrogens with one attached hydrogen (secondary N) is 2. The van der Waals surface area contributed by atoms with Crippen molar-refractivity contribution in [2.24, 2.45) is 0 Å². The molecule has 2 aromatic heterocycles. The fraction of sp³-hybridized carbons (Fsp3) is 0.400. The van der Waals surface area contributed by atoms with E-state index in [-0.39, 0.29) is 11.8 Å². The maximum atomic E-state index is 12.0. The van der Waals surface area contributed by atoms with E-state index >= 15 is 0 Å². The molecule has 2 N–H and O–H groups in total. The number of aromatic nitrogens is 4. The second-order valence-electron chi connectivity index (χ2n) is 4.02. The van der Waals surface area contributed by atoms with Crippen LogP contribution in [-0.4, -0.2) is 25.7 Å². The Balaban J connectivity index is 2.21. The number of anilines is 1. The first-order valence-corrected chi connectivity index (χ1v) is 6.00. The zero-order valence-corrected chi connectivity index (χ0v) is 10.6. The summed E-state index contributed by atoms with van der Waals surface area (Å²) < 4.78 is 3.82. The van der Waals surface area contributed by atoms with Crippen LogP contribution in [0.4, 0.5) is 5.82 Å². The minimum absolute atomic E-state index is 0.178. The van der Waals surface area contributed by atoms with Crippen molar-refractivity contribution in [2.75, 3.05) is 5.32 Å². The molecule has 0 radical (unpaired) electrons. The summed E-state index contributed by atoms with van der Waals surface area (Å²) in [5.74, 6) is 0.589. The summed E-state index contributed by atoms with van der Waals surface area (Å²) in [6.45, 7) is 5.83. The largest absolute Gasteiger partial charge is 0.306 e. The third-order valence-corrected chi connectivity index (χ3v) is 3.07. The Morgan fingerprint density at radius 3 is 2.88 bits per heavy atom. The molecule has 90 valence electrons. The van der Waals surface area contributed by atoms with Gasteiger partial charge in [0.15, 0.2) is 0 Å². The Morgan fingerprint density at radius 1 is 1.53 bits per heavy atom. The van der Waals surface area contributed by atoms with Gasteiger partial charge in [-0.3, -0.25) is 9.89 Å². The number of carbonyl (C=O) groups is 1. The second kappa shape index (κ2) is 4.62. The molecule has 0 fully saturated rings. The summed E-state index contributed by atoms with van der Waals surface area (Å²) >= 11 is 1.11. The molecule has 0 saturated heterocycles. The Bertz CT molecular complexity index is 530. The number of hydrogen-bond acceptors (Lipinski definition) is 5. The summed E-state index contributed by atoms with van der Waals surface area (Å²) in [7, 11) is 0. The van der Waals surface area contributed by atoms with Gasteiger partial charge in [-0.15, -0.1) is 5.10 Å². The van der Waals surface area contributed by atoms with E-state index in [0.29, 0.717) is 10.7 Å². The minimum Gasteiger partial charge on any atom is -0.306 e. The van der Waals surface area contributed by atoms with Crippen LogP contribution in [0.25, 0.3) is 0 Å². The SMILES string of the molecule is Cc1cn[nH]c1NC(=O)c1snnc1C(C)C. The van der Waals surface area contributed by atoms with Crippen molar-refractivity contribution < 1.29 is 4.79 Å². The molecule has 2 heterocycles. The third-order valence-electron chi connectivity index (χ3n) is 2.33. The maximum Gasteiger partial charge on any atom is 0.270 e. The summed E-state index contributed by atoms with van der Waals surface area (Å²) in [5, 5.41) is 13.3. The molecule has 0 aliphatic rings. The topological polar surface area (TPSA) is 83.6 Å². The lowest BCUT2D eigenvalue weighted by atomic mass is 10.1. The predicted octanol–water partition coefficient (Wildman–Crippen LogP) is 1.95. The van der Waals surface area contributed by atoms with E-state index in [1.807, 2.05) is 20.8 Å². The summed E-state index contributed by atoms with van der Waals surface area (Å²) in [6, 6.07) is 0. The van der Waals surface area contributed by atoms with E-state index in [9.17, 15) is 4.79 Å². The highest BCUT2D eigenvalue weighted by Gasteiger charge is 2.19. The number of rotatable bonds is 3. The lowest BCUT2D eigenvalue weighted by Crippen LogP contribution is -2.14. The van der Waals surface area contributed by atoms with Gasteiger partial charge in [0.1, 0.15) is 10.7 Å². The molecular weight excluding hydrogens is 238 g/mol. The van der Waals surface area contributed by atoms with Crippen LogP contribution in [0.2, 0.25) is 0 Å². The third kappa shape index (κ3) is 2.33. The van der Waals surface area contributed by atoms with E-state index in [1.54, 1.807) is 6.20 Å². The molecule has 0 aromatic carbocycles. The van der Waals surface area contributed by atoms with Crippen molar-refractivity contribution >= 4 is 23.3 Å². The number of hydrogen-bond donors (Lipinski definition) is 2. The fourth-order valence-corrected chi connectivity index (χ4v) is 2.09. The molecule has 7 heteroatoms. The number of carbonyl (C=O) groups excluding carboxylic acids is 1. The first kappa shape index (κ1) is 11.7. The van der Waals surface area contributed by atoms with E-state index in [1.165, 1.54) is 0 Å². The van der Waals surface area contributed by atoms with Gasteiger partial charge in [0.2, 0.25) is 0 Å². The lowest BCUT2D eigenvalue weighted by molar-refractivity contribution is 0.102. The zero-order chi connectivity index (χ0) is 12.4. The summed E-state index contributed by atoms with van der Waals surface area (Å²) in [6.07, 6.45) is 1.66. The van der Waals surface area contributed by atoms with Gasteiger partial charge in [0, 0.05) is 5.56 Å². The van der Waals surface area contributed by atoms with E-state index in [0.717, 1.165) is 22.8 Å². The first-order valence-electron chi connectivity index (χ1n) is 5.23. The van der Waals surface area contributed by atoms with Gasteiger partial charge < -0.3 is 5.32 Å². The molecule has 1 amide bonds. The molecule has 0 atom stereocenters. The Morgan fingerprint density at radius 2 is 2.29 bits per heavy atom. The van der Waals surface area contributed by atoms with Crippen LogP contribution in [0.1, 0.15) is 40.7 Å². The highest BCUT2D eigenvalue weighted by Crippen LogP contribution is 2.21. The lowest BCUT2D eigenvalue weighted by Gasteiger charge is -2.04. The maximum absolute atomic E-state index is 12.0. The standard InChI is InChI=1S/C10H13N5OS/c1-5(2)7-8(17-15-13-7)10(16)12-9-6(3)4-11-14-9/h4-5H,1-3H3,(H2,11,12,14,16). The molecule has 6 nitrogen and oxygen atoms in total. The Hall–Kier alpha value is -1.76. The van der Waals surface area contributed by atoms with E-state index in [2.05, 4.69) is 25.1 Å². The van der Waals surface area contributed by atoms with Gasteiger partial charge in [-0.2, -0.15) is 5.10 Å².